The van der Waals surface area contributed by atoms with E-state index < -0.39 is 16.8 Å². The monoisotopic (exact) mass is 281 g/mol. The predicted octanol–water partition coefficient (Wildman–Crippen LogP) is 1.21. The van der Waals surface area contributed by atoms with Crippen molar-refractivity contribution in [1.29, 1.82) is 0 Å². The topological polar surface area (TPSA) is 83.7 Å². The normalized spacial score (nSPS) is 14.2. The van der Waals surface area contributed by atoms with E-state index in [4.69, 9.17) is 0 Å². The molecule has 2 aromatic rings. The van der Waals surface area contributed by atoms with E-state index in [-0.39, 0.29) is 11.7 Å². The van der Waals surface area contributed by atoms with E-state index >= 15 is 0 Å². The number of carbonyl (C=O) groups is 1. The number of aromatic carboxylic acids is 1. The second-order valence-electron chi connectivity index (χ2n) is 4.33. The minimum absolute atomic E-state index is 0.0873. The number of rotatable bonds is 5. The van der Waals surface area contributed by atoms with E-state index in [1.807, 2.05) is 6.92 Å². The highest BCUT2D eigenvalue weighted by molar-refractivity contribution is 7.84. The van der Waals surface area contributed by atoms with E-state index in [1.165, 1.54) is 4.40 Å². The Labute approximate surface area is 112 Å². The fourth-order valence-corrected chi connectivity index (χ4v) is 2.72. The van der Waals surface area contributed by atoms with Crippen LogP contribution in [0.4, 0.5) is 5.82 Å². The number of carboxylic acid groups (broad SMARTS) is 1. The van der Waals surface area contributed by atoms with E-state index in [9.17, 15) is 14.1 Å². The van der Waals surface area contributed by atoms with E-state index in [0.29, 0.717) is 17.2 Å². The highest BCUT2D eigenvalue weighted by Crippen LogP contribution is 2.18. The van der Waals surface area contributed by atoms with E-state index in [1.54, 1.807) is 30.7 Å². The van der Waals surface area contributed by atoms with Crippen LogP contribution in [-0.4, -0.2) is 42.7 Å². The lowest BCUT2D eigenvalue weighted by Gasteiger charge is -2.12. The first kappa shape index (κ1) is 13.5. The Morgan fingerprint density at radius 3 is 2.95 bits per heavy atom. The third kappa shape index (κ3) is 2.93. The molecule has 0 aliphatic rings. The van der Waals surface area contributed by atoms with Crippen molar-refractivity contribution in [2.45, 2.75) is 13.0 Å². The molecule has 2 aromatic heterocycles. The number of nitrogens with zero attached hydrogens (tertiary/aromatic N) is 2. The Hall–Kier alpha value is -1.89. The third-order valence-electron chi connectivity index (χ3n) is 2.60. The van der Waals surface area contributed by atoms with Crippen LogP contribution in [0.15, 0.2) is 24.4 Å². The van der Waals surface area contributed by atoms with Gasteiger partial charge in [-0.1, -0.05) is 6.07 Å². The minimum Gasteiger partial charge on any atom is -0.476 e. The largest absolute Gasteiger partial charge is 0.476 e. The van der Waals surface area contributed by atoms with Gasteiger partial charge in [-0.05, 0) is 19.1 Å². The summed E-state index contributed by atoms with van der Waals surface area (Å²) in [7, 11) is -0.949. The second kappa shape index (κ2) is 5.40. The average Bonchev–Trinajstić information content (AvgIpc) is 2.64. The molecule has 2 unspecified atom stereocenters. The maximum absolute atomic E-state index is 11.3. The molecule has 0 aliphatic heterocycles. The van der Waals surface area contributed by atoms with Gasteiger partial charge in [0.15, 0.2) is 11.5 Å². The molecule has 0 aromatic carbocycles. The quantitative estimate of drug-likeness (QED) is 0.860. The molecule has 0 saturated carbocycles. The lowest BCUT2D eigenvalue weighted by molar-refractivity contribution is 0.0690. The average molecular weight is 281 g/mol. The number of fused-ring (bicyclic) bond motifs is 1. The van der Waals surface area contributed by atoms with Gasteiger partial charge in [-0.15, -0.1) is 0 Å². The fourth-order valence-electron chi connectivity index (χ4n) is 1.93. The summed E-state index contributed by atoms with van der Waals surface area (Å²) in [4.78, 5) is 15.6. The summed E-state index contributed by atoms with van der Waals surface area (Å²) in [6, 6.07) is 5.16. The van der Waals surface area contributed by atoms with Crippen LogP contribution in [0.2, 0.25) is 0 Å². The number of anilines is 1. The Balaban J connectivity index is 2.39. The molecule has 102 valence electrons. The Kier molecular flexibility index (Phi) is 3.84. The summed E-state index contributed by atoms with van der Waals surface area (Å²) in [5.74, 6) is -0.310. The van der Waals surface area contributed by atoms with E-state index in [2.05, 4.69) is 10.3 Å². The van der Waals surface area contributed by atoms with Crippen LogP contribution >= 0.6 is 0 Å². The molecule has 0 bridgehead atoms. The Morgan fingerprint density at radius 1 is 1.58 bits per heavy atom. The lowest BCUT2D eigenvalue weighted by atomic mass is 10.3. The summed E-state index contributed by atoms with van der Waals surface area (Å²) >= 11 is 0. The summed E-state index contributed by atoms with van der Waals surface area (Å²) in [6.07, 6.45) is 3.26. The molecule has 0 radical (unpaired) electrons. The van der Waals surface area contributed by atoms with Gasteiger partial charge in [0.25, 0.3) is 0 Å². The number of hydrogen-bond donors (Lipinski definition) is 2. The number of pyridine rings is 1. The van der Waals surface area contributed by atoms with Gasteiger partial charge in [0.05, 0.1) is 0 Å². The van der Waals surface area contributed by atoms with Gasteiger partial charge in [0, 0.05) is 35.0 Å². The first-order chi connectivity index (χ1) is 8.99. The molecule has 19 heavy (non-hydrogen) atoms. The molecule has 0 saturated heterocycles. The molecule has 2 rings (SSSR count). The van der Waals surface area contributed by atoms with Crippen molar-refractivity contribution in [3.8, 4) is 0 Å². The first-order valence-corrected chi connectivity index (χ1v) is 7.48. The molecular formula is C12H15N3O3S. The number of carboxylic acids is 1. The van der Waals surface area contributed by atoms with Gasteiger partial charge in [-0.25, -0.2) is 9.78 Å². The highest BCUT2D eigenvalue weighted by Gasteiger charge is 2.19. The van der Waals surface area contributed by atoms with Crippen molar-refractivity contribution >= 4 is 28.2 Å². The molecule has 6 nitrogen and oxygen atoms in total. The summed E-state index contributed by atoms with van der Waals surface area (Å²) in [5.41, 5.74) is 0.650. The van der Waals surface area contributed by atoms with Crippen molar-refractivity contribution in [3.63, 3.8) is 0 Å². The Morgan fingerprint density at radius 2 is 2.32 bits per heavy atom. The zero-order valence-corrected chi connectivity index (χ0v) is 11.5. The molecule has 7 heteroatoms. The van der Waals surface area contributed by atoms with Crippen LogP contribution in [-0.2, 0) is 10.8 Å². The second-order valence-corrected chi connectivity index (χ2v) is 5.81. The number of aromatic nitrogens is 2. The number of nitrogens with one attached hydrogen (secondary N) is 1. The van der Waals surface area contributed by atoms with Gasteiger partial charge in [-0.3, -0.25) is 8.61 Å². The van der Waals surface area contributed by atoms with Crippen LogP contribution in [0.3, 0.4) is 0 Å². The van der Waals surface area contributed by atoms with Gasteiger partial charge < -0.3 is 10.4 Å². The van der Waals surface area contributed by atoms with E-state index in [0.717, 1.165) is 0 Å². The highest BCUT2D eigenvalue weighted by atomic mass is 32.2. The lowest BCUT2D eigenvalue weighted by Crippen LogP contribution is -2.23. The van der Waals surface area contributed by atoms with Crippen molar-refractivity contribution < 1.29 is 14.1 Å². The molecule has 2 N–H and O–H groups in total. The molecule has 0 fully saturated rings. The van der Waals surface area contributed by atoms with Crippen molar-refractivity contribution in [1.82, 2.24) is 9.38 Å². The zero-order chi connectivity index (χ0) is 14.0. The predicted molar refractivity (Wildman–Crippen MR) is 74.2 cm³/mol. The van der Waals surface area contributed by atoms with Crippen LogP contribution in [0.5, 0.6) is 0 Å². The summed E-state index contributed by atoms with van der Waals surface area (Å²) in [5, 5.41) is 12.3. The summed E-state index contributed by atoms with van der Waals surface area (Å²) < 4.78 is 12.7. The molecule has 0 amide bonds. The minimum atomic E-state index is -1.05. The Bertz CT molecular complexity index is 638. The fraction of sp³-hybridized carbons (Fsp3) is 0.333. The SMILES string of the molecule is CC(CS(C)=O)Nc1nc2ccccn2c1C(=O)O. The van der Waals surface area contributed by atoms with Crippen LogP contribution in [0.25, 0.3) is 5.65 Å². The van der Waals surface area contributed by atoms with Crippen LogP contribution in [0, 0.1) is 0 Å². The zero-order valence-electron chi connectivity index (χ0n) is 10.7. The van der Waals surface area contributed by atoms with Gasteiger partial charge >= 0.3 is 5.97 Å². The summed E-state index contributed by atoms with van der Waals surface area (Å²) in [6.45, 7) is 1.84. The third-order valence-corrected chi connectivity index (χ3v) is 3.57. The molecular weight excluding hydrogens is 266 g/mol. The smallest absolute Gasteiger partial charge is 0.356 e. The van der Waals surface area contributed by atoms with Crippen molar-refractivity contribution in [2.75, 3.05) is 17.3 Å². The number of imidazole rings is 1. The van der Waals surface area contributed by atoms with Gasteiger partial charge in [0.1, 0.15) is 5.65 Å². The maximum atomic E-state index is 11.3. The molecule has 0 aliphatic carbocycles. The molecule has 2 atom stereocenters. The van der Waals surface area contributed by atoms with Crippen LogP contribution in [0.1, 0.15) is 17.4 Å². The van der Waals surface area contributed by atoms with Gasteiger partial charge in [0.2, 0.25) is 0 Å². The van der Waals surface area contributed by atoms with Gasteiger partial charge in [-0.2, -0.15) is 0 Å². The maximum Gasteiger partial charge on any atom is 0.356 e. The molecule has 0 spiro atoms. The first-order valence-electron chi connectivity index (χ1n) is 5.76. The molecule has 2 heterocycles. The standard InChI is InChI=1S/C12H15N3O3S/c1-8(7-19(2)18)13-11-10(12(16)17)15-6-4-3-5-9(15)14-11/h3-6,8,13H,7H2,1-2H3,(H,16,17). The number of hydrogen-bond acceptors (Lipinski definition) is 4. The van der Waals surface area contributed by atoms with Crippen LogP contribution < -0.4 is 5.32 Å². The van der Waals surface area contributed by atoms with Crippen molar-refractivity contribution in [3.05, 3.63) is 30.1 Å². The van der Waals surface area contributed by atoms with Crippen molar-refractivity contribution in [2.24, 2.45) is 0 Å².